The molecule has 2 aromatic rings. The number of thioether (sulfide) groups is 1. The zero-order valence-electron chi connectivity index (χ0n) is 14.2. The van der Waals surface area contributed by atoms with Gasteiger partial charge in [-0.05, 0) is 47.2 Å². The van der Waals surface area contributed by atoms with Gasteiger partial charge in [0.25, 0.3) is 0 Å². The van der Waals surface area contributed by atoms with E-state index >= 15 is 0 Å². The summed E-state index contributed by atoms with van der Waals surface area (Å²) in [6, 6.07) is 12.4. The van der Waals surface area contributed by atoms with E-state index < -0.39 is 35.2 Å². The van der Waals surface area contributed by atoms with Crippen molar-refractivity contribution in [3.63, 3.8) is 0 Å². The first-order valence-electron chi connectivity index (χ1n) is 7.94. The van der Waals surface area contributed by atoms with Gasteiger partial charge in [0.1, 0.15) is 12.3 Å². The second-order valence-electron chi connectivity index (χ2n) is 5.77. The number of hydrogen-bond acceptors (Lipinski definition) is 6. The van der Waals surface area contributed by atoms with Crippen LogP contribution in [0.4, 0.5) is 0 Å². The number of fused-ring (bicyclic) bond motifs is 1. The Morgan fingerprint density at radius 2 is 1.89 bits per heavy atom. The highest BCUT2D eigenvalue weighted by Gasteiger charge is 2.40. The maximum absolute atomic E-state index is 12.6. The number of carbonyl (C=O) groups excluding carboxylic acids is 3. The van der Waals surface area contributed by atoms with E-state index in [0.29, 0.717) is 10.6 Å². The standard InChI is InChI=1S/C19H15NO6S/c1-26-12-4-2-3-10(7-12)11-5-6-13-14(8-11)27-19(25)16(17(13)23)18(24)20-9-15(21)22/h2-8,16H,9H2,1H3,(H,20,24)(H,21,22). The maximum Gasteiger partial charge on any atom is 0.322 e. The summed E-state index contributed by atoms with van der Waals surface area (Å²) in [5.41, 5.74) is 1.93. The lowest BCUT2D eigenvalue weighted by molar-refractivity contribution is -0.139. The monoisotopic (exact) mass is 385 g/mol. The molecule has 1 heterocycles. The molecule has 0 aliphatic carbocycles. The molecule has 1 aliphatic heterocycles. The fourth-order valence-corrected chi connectivity index (χ4v) is 3.73. The van der Waals surface area contributed by atoms with Crippen molar-refractivity contribution in [2.75, 3.05) is 13.7 Å². The molecule has 7 nitrogen and oxygen atoms in total. The average molecular weight is 385 g/mol. The van der Waals surface area contributed by atoms with Crippen LogP contribution in [0.3, 0.4) is 0 Å². The van der Waals surface area contributed by atoms with Crippen molar-refractivity contribution < 1.29 is 29.0 Å². The second-order valence-corrected chi connectivity index (χ2v) is 6.82. The van der Waals surface area contributed by atoms with Gasteiger partial charge in [-0.1, -0.05) is 18.2 Å². The maximum atomic E-state index is 12.6. The van der Waals surface area contributed by atoms with E-state index in [1.54, 1.807) is 25.3 Å². The molecule has 27 heavy (non-hydrogen) atoms. The molecule has 2 N–H and O–H groups in total. The first-order valence-corrected chi connectivity index (χ1v) is 8.76. The molecule has 1 aliphatic rings. The molecule has 0 saturated heterocycles. The van der Waals surface area contributed by atoms with Crippen LogP contribution in [0.1, 0.15) is 10.4 Å². The first kappa shape index (κ1) is 18.7. The van der Waals surface area contributed by atoms with E-state index in [-0.39, 0.29) is 5.56 Å². The lowest BCUT2D eigenvalue weighted by Crippen LogP contribution is -2.42. The predicted octanol–water partition coefficient (Wildman–Crippen LogP) is 1.99. The molecule has 8 heteroatoms. The number of carboxylic acids is 1. The van der Waals surface area contributed by atoms with Crippen LogP contribution in [-0.2, 0) is 14.4 Å². The Kier molecular flexibility index (Phi) is 5.27. The van der Waals surface area contributed by atoms with Gasteiger partial charge in [-0.3, -0.25) is 19.2 Å². The molecule has 1 unspecified atom stereocenters. The fraction of sp³-hybridized carbons (Fsp3) is 0.158. The van der Waals surface area contributed by atoms with Crippen molar-refractivity contribution >= 4 is 34.5 Å². The molecule has 0 bridgehead atoms. The lowest BCUT2D eigenvalue weighted by atomic mass is 9.95. The molecule has 0 aromatic heterocycles. The van der Waals surface area contributed by atoms with Crippen molar-refractivity contribution in [2.24, 2.45) is 5.92 Å². The second kappa shape index (κ2) is 7.63. The zero-order chi connectivity index (χ0) is 19.6. The Morgan fingerprint density at radius 1 is 1.15 bits per heavy atom. The molecule has 1 amide bonds. The van der Waals surface area contributed by atoms with Crippen molar-refractivity contribution in [3.05, 3.63) is 48.0 Å². The smallest absolute Gasteiger partial charge is 0.322 e. The minimum absolute atomic E-state index is 0.265. The van der Waals surface area contributed by atoms with Crippen LogP contribution in [0.5, 0.6) is 5.75 Å². The summed E-state index contributed by atoms with van der Waals surface area (Å²) in [6.45, 7) is -0.651. The molecule has 1 atom stereocenters. The van der Waals surface area contributed by atoms with E-state index in [1.807, 2.05) is 24.3 Å². The predicted molar refractivity (Wildman–Crippen MR) is 97.8 cm³/mol. The normalized spacial score (nSPS) is 15.8. The molecular weight excluding hydrogens is 370 g/mol. The van der Waals surface area contributed by atoms with Crippen molar-refractivity contribution in [1.82, 2.24) is 5.32 Å². The molecule has 3 rings (SSSR count). The summed E-state index contributed by atoms with van der Waals surface area (Å²) >= 11 is 0.806. The summed E-state index contributed by atoms with van der Waals surface area (Å²) in [5, 5.41) is 10.1. The number of benzene rings is 2. The summed E-state index contributed by atoms with van der Waals surface area (Å²) in [4.78, 5) is 48.0. The topological polar surface area (TPSA) is 110 Å². The van der Waals surface area contributed by atoms with Gasteiger partial charge >= 0.3 is 5.97 Å². The number of carbonyl (C=O) groups is 4. The first-order chi connectivity index (χ1) is 12.9. The Balaban J connectivity index is 1.90. The van der Waals surface area contributed by atoms with Crippen LogP contribution in [0.2, 0.25) is 0 Å². The van der Waals surface area contributed by atoms with Crippen LogP contribution in [0, 0.1) is 5.92 Å². The third-order valence-electron chi connectivity index (χ3n) is 4.03. The molecule has 0 radical (unpaired) electrons. The largest absolute Gasteiger partial charge is 0.497 e. The van der Waals surface area contributed by atoms with Crippen LogP contribution < -0.4 is 10.1 Å². The number of amides is 1. The molecule has 2 aromatic carbocycles. The number of nitrogens with one attached hydrogen (secondary N) is 1. The SMILES string of the molecule is COc1cccc(-c2ccc3c(c2)SC(=O)C(C(=O)NCC(=O)O)C3=O)c1. The fourth-order valence-electron chi connectivity index (χ4n) is 2.71. The molecular formula is C19H15NO6S. The van der Waals surface area contributed by atoms with Crippen molar-refractivity contribution in [2.45, 2.75) is 4.90 Å². The van der Waals surface area contributed by atoms with E-state index in [2.05, 4.69) is 5.32 Å². The quantitative estimate of drug-likeness (QED) is 0.758. The number of aliphatic carboxylic acids is 1. The zero-order valence-corrected chi connectivity index (χ0v) is 15.0. The minimum Gasteiger partial charge on any atom is -0.497 e. The Labute approximate surface area is 158 Å². The summed E-state index contributed by atoms with van der Waals surface area (Å²) in [5.74, 6) is -3.64. The van der Waals surface area contributed by atoms with E-state index in [9.17, 15) is 19.2 Å². The molecule has 0 saturated carbocycles. The Bertz CT molecular complexity index is 955. The van der Waals surface area contributed by atoms with Gasteiger partial charge in [-0.2, -0.15) is 0 Å². The highest BCUT2D eigenvalue weighted by atomic mass is 32.2. The molecule has 138 valence electrons. The minimum atomic E-state index is -1.54. The molecule has 0 spiro atoms. The van der Waals surface area contributed by atoms with Crippen LogP contribution >= 0.6 is 11.8 Å². The van der Waals surface area contributed by atoms with Gasteiger partial charge in [-0.25, -0.2) is 0 Å². The van der Waals surface area contributed by atoms with E-state index in [1.165, 1.54) is 0 Å². The van der Waals surface area contributed by atoms with Crippen LogP contribution in [0.15, 0.2) is 47.4 Å². The number of ketones is 1. The third-order valence-corrected chi connectivity index (χ3v) is 5.03. The van der Waals surface area contributed by atoms with Gasteiger partial charge in [0.15, 0.2) is 11.7 Å². The summed E-state index contributed by atoms with van der Waals surface area (Å²) in [7, 11) is 1.56. The number of methoxy groups -OCH3 is 1. The Hall–Kier alpha value is -3.13. The van der Waals surface area contributed by atoms with Gasteiger partial charge in [0.2, 0.25) is 11.0 Å². The van der Waals surface area contributed by atoms with E-state index in [4.69, 9.17) is 9.84 Å². The number of carboxylic acid groups (broad SMARTS) is 1. The summed E-state index contributed by atoms with van der Waals surface area (Å²) < 4.78 is 5.20. The number of Topliss-reactive ketones (excluding diaryl/α,β-unsaturated/α-hetero) is 1. The summed E-state index contributed by atoms with van der Waals surface area (Å²) in [6.07, 6.45) is 0. The van der Waals surface area contributed by atoms with Gasteiger partial charge in [-0.15, -0.1) is 0 Å². The Morgan fingerprint density at radius 3 is 2.59 bits per heavy atom. The average Bonchev–Trinajstić information content (AvgIpc) is 2.66. The van der Waals surface area contributed by atoms with Gasteiger partial charge in [0.05, 0.1) is 7.11 Å². The lowest BCUT2D eigenvalue weighted by Gasteiger charge is -2.21. The number of ether oxygens (including phenoxy) is 1. The van der Waals surface area contributed by atoms with Crippen LogP contribution in [-0.4, -0.2) is 41.5 Å². The van der Waals surface area contributed by atoms with Crippen LogP contribution in [0.25, 0.3) is 11.1 Å². The number of hydrogen-bond donors (Lipinski definition) is 2. The highest BCUT2D eigenvalue weighted by Crippen LogP contribution is 2.37. The molecule has 0 fully saturated rings. The third kappa shape index (κ3) is 3.85. The van der Waals surface area contributed by atoms with E-state index in [0.717, 1.165) is 22.9 Å². The van der Waals surface area contributed by atoms with Crippen molar-refractivity contribution in [1.29, 1.82) is 0 Å². The number of rotatable bonds is 5. The van der Waals surface area contributed by atoms with Gasteiger partial charge in [0, 0.05) is 10.5 Å². The van der Waals surface area contributed by atoms with Gasteiger partial charge < -0.3 is 15.2 Å². The van der Waals surface area contributed by atoms with Crippen molar-refractivity contribution in [3.8, 4) is 16.9 Å². The highest BCUT2D eigenvalue weighted by molar-refractivity contribution is 8.14.